The van der Waals surface area contributed by atoms with E-state index in [1.807, 2.05) is 0 Å². The second-order valence-electron chi connectivity index (χ2n) is 8.11. The number of phenolic OH excluding ortho intramolecular Hbond substituents is 1. The molecule has 3 rings (SSSR count). The first-order chi connectivity index (χ1) is 18.1. The van der Waals surface area contributed by atoms with Crippen LogP contribution in [0.2, 0.25) is 0 Å². The molecule has 0 aliphatic heterocycles. The minimum absolute atomic E-state index is 0.00948. The molecule has 2 aromatic carbocycles. The van der Waals surface area contributed by atoms with Crippen LogP contribution >= 0.6 is 0 Å². The van der Waals surface area contributed by atoms with Crippen molar-refractivity contribution >= 4 is 22.9 Å². The van der Waals surface area contributed by atoms with Crippen molar-refractivity contribution < 1.29 is 62.2 Å². The quantitative estimate of drug-likeness (QED) is 0.271. The molecule has 1 heterocycles. The Labute approximate surface area is 217 Å². The maximum absolute atomic E-state index is 13.7. The number of carbonyl (C=O) groups is 2. The lowest BCUT2D eigenvalue weighted by molar-refractivity contribution is -0.165. The minimum atomic E-state index is -4.99. The van der Waals surface area contributed by atoms with Gasteiger partial charge in [0, 0.05) is 6.54 Å². The summed E-state index contributed by atoms with van der Waals surface area (Å²) in [5.74, 6) is -5.87. The number of aromatic hydroxyl groups is 1. The van der Waals surface area contributed by atoms with Crippen molar-refractivity contribution in [1.29, 1.82) is 0 Å². The molecule has 2 atom stereocenters. The number of carboxylic acids is 2. The van der Waals surface area contributed by atoms with E-state index in [2.05, 4.69) is 0 Å². The number of aliphatic carboxylic acids is 2. The number of aliphatic hydroxyl groups is 2. The SMILES string of the molecule is COc1ccc(Oc2c(C(F)(F)F)oc3c(CN(C)C)c(O)ccc3c2=O)cc1.O=C(O)C(O)C(O)C(=O)O. The molecule has 0 spiro atoms. The summed E-state index contributed by atoms with van der Waals surface area (Å²) in [4.78, 5) is 34.0. The minimum Gasteiger partial charge on any atom is -0.507 e. The number of hydrogen-bond donors (Lipinski definition) is 5. The van der Waals surface area contributed by atoms with Gasteiger partial charge in [-0.15, -0.1) is 0 Å². The van der Waals surface area contributed by atoms with E-state index in [-0.39, 0.29) is 34.6 Å². The lowest BCUT2D eigenvalue weighted by atomic mass is 10.1. The molecule has 0 saturated carbocycles. The lowest BCUT2D eigenvalue weighted by Crippen LogP contribution is -2.39. The first-order valence-corrected chi connectivity index (χ1v) is 10.8. The normalized spacial score (nSPS) is 12.8. The molecule has 15 heteroatoms. The van der Waals surface area contributed by atoms with Gasteiger partial charge in [-0.2, -0.15) is 13.2 Å². The first-order valence-electron chi connectivity index (χ1n) is 10.8. The maximum atomic E-state index is 13.7. The van der Waals surface area contributed by atoms with E-state index in [9.17, 15) is 32.7 Å². The Balaban J connectivity index is 0.000000455. The summed E-state index contributed by atoms with van der Waals surface area (Å²) in [5, 5.41) is 42.5. The summed E-state index contributed by atoms with van der Waals surface area (Å²) in [6.07, 6.45) is -9.52. The van der Waals surface area contributed by atoms with Gasteiger partial charge in [-0.25, -0.2) is 9.59 Å². The van der Waals surface area contributed by atoms with Gasteiger partial charge in [0.1, 0.15) is 22.8 Å². The zero-order valence-electron chi connectivity index (χ0n) is 20.6. The maximum Gasteiger partial charge on any atom is 0.453 e. The van der Waals surface area contributed by atoms with Crippen molar-refractivity contribution in [2.45, 2.75) is 24.9 Å². The van der Waals surface area contributed by atoms with Crippen LogP contribution in [0.15, 0.2) is 45.6 Å². The number of benzene rings is 2. The second-order valence-corrected chi connectivity index (χ2v) is 8.11. The van der Waals surface area contributed by atoms with E-state index in [0.717, 1.165) is 0 Å². The van der Waals surface area contributed by atoms with E-state index < -0.39 is 47.3 Å². The van der Waals surface area contributed by atoms with Crippen LogP contribution in [0, 0.1) is 0 Å². The van der Waals surface area contributed by atoms with Gasteiger partial charge in [-0.1, -0.05) is 0 Å². The molecule has 212 valence electrons. The third-order valence-corrected chi connectivity index (χ3v) is 4.91. The Morgan fingerprint density at radius 1 is 0.974 bits per heavy atom. The van der Waals surface area contributed by atoms with Crippen LogP contribution in [0.4, 0.5) is 13.2 Å². The summed E-state index contributed by atoms with van der Waals surface area (Å²) in [6.45, 7) is 0.0715. The van der Waals surface area contributed by atoms with Gasteiger partial charge in [-0.05, 0) is 50.5 Å². The van der Waals surface area contributed by atoms with E-state index in [1.165, 1.54) is 43.5 Å². The summed E-state index contributed by atoms with van der Waals surface area (Å²) in [7, 11) is 4.78. The molecule has 0 saturated heterocycles. The van der Waals surface area contributed by atoms with E-state index in [4.69, 9.17) is 34.3 Å². The molecular formula is C24H24F3NO11. The van der Waals surface area contributed by atoms with Crippen molar-refractivity contribution in [3.63, 3.8) is 0 Å². The number of alkyl halides is 3. The molecule has 12 nitrogen and oxygen atoms in total. The number of rotatable bonds is 8. The van der Waals surface area contributed by atoms with Crippen LogP contribution in [0.1, 0.15) is 11.3 Å². The monoisotopic (exact) mass is 559 g/mol. The zero-order valence-corrected chi connectivity index (χ0v) is 20.6. The van der Waals surface area contributed by atoms with Crippen molar-refractivity contribution in [3.8, 4) is 23.0 Å². The van der Waals surface area contributed by atoms with Crippen LogP contribution < -0.4 is 14.9 Å². The molecule has 3 aromatic rings. The van der Waals surface area contributed by atoms with Crippen molar-refractivity contribution in [2.75, 3.05) is 21.2 Å². The molecule has 0 aliphatic rings. The summed E-state index contributed by atoms with van der Waals surface area (Å²) < 4.78 is 56.4. The number of aliphatic hydroxyl groups excluding tert-OH is 2. The van der Waals surface area contributed by atoms with Gasteiger partial charge >= 0.3 is 18.1 Å². The highest BCUT2D eigenvalue weighted by atomic mass is 19.4. The fraction of sp³-hybridized carbons (Fsp3) is 0.292. The summed E-state index contributed by atoms with van der Waals surface area (Å²) >= 11 is 0. The number of phenols is 1. The van der Waals surface area contributed by atoms with Crippen LogP contribution in [0.5, 0.6) is 23.0 Å². The topological polar surface area (TPSA) is 187 Å². The number of carboxylic acid groups (broad SMARTS) is 2. The fourth-order valence-corrected chi connectivity index (χ4v) is 3.07. The average molecular weight is 559 g/mol. The highest BCUT2D eigenvalue weighted by Crippen LogP contribution is 2.40. The van der Waals surface area contributed by atoms with Crippen LogP contribution in [-0.2, 0) is 22.3 Å². The average Bonchev–Trinajstić information content (AvgIpc) is 2.86. The van der Waals surface area contributed by atoms with Crippen molar-refractivity contribution in [1.82, 2.24) is 4.90 Å². The van der Waals surface area contributed by atoms with Crippen LogP contribution in [0.25, 0.3) is 11.0 Å². The summed E-state index contributed by atoms with van der Waals surface area (Å²) in [5.41, 5.74) is -1.25. The van der Waals surface area contributed by atoms with Gasteiger partial charge < -0.3 is 44.3 Å². The van der Waals surface area contributed by atoms with E-state index >= 15 is 0 Å². The van der Waals surface area contributed by atoms with Gasteiger partial charge in [0.25, 0.3) is 5.76 Å². The molecular weight excluding hydrogens is 535 g/mol. The highest BCUT2D eigenvalue weighted by molar-refractivity contribution is 5.84. The largest absolute Gasteiger partial charge is 0.507 e. The smallest absolute Gasteiger partial charge is 0.453 e. The number of hydrogen-bond acceptors (Lipinski definition) is 10. The van der Waals surface area contributed by atoms with Crippen LogP contribution in [0.3, 0.4) is 0 Å². The number of methoxy groups -OCH3 is 1. The molecule has 39 heavy (non-hydrogen) atoms. The number of halogens is 3. The Morgan fingerprint density at radius 2 is 1.49 bits per heavy atom. The molecule has 0 radical (unpaired) electrons. The molecule has 5 N–H and O–H groups in total. The Bertz CT molecular complexity index is 1370. The Kier molecular flexibility index (Phi) is 9.87. The second kappa shape index (κ2) is 12.5. The van der Waals surface area contributed by atoms with Gasteiger partial charge in [0.2, 0.25) is 11.2 Å². The molecule has 0 bridgehead atoms. The molecule has 2 unspecified atom stereocenters. The highest BCUT2D eigenvalue weighted by Gasteiger charge is 2.41. The van der Waals surface area contributed by atoms with Gasteiger partial charge in [-0.3, -0.25) is 4.79 Å². The third-order valence-electron chi connectivity index (χ3n) is 4.91. The van der Waals surface area contributed by atoms with Gasteiger partial charge in [0.15, 0.2) is 12.2 Å². The van der Waals surface area contributed by atoms with Crippen molar-refractivity contribution in [2.24, 2.45) is 0 Å². The molecule has 0 aliphatic carbocycles. The molecule has 1 aromatic heterocycles. The number of fused-ring (bicyclic) bond motifs is 1. The number of ether oxygens (including phenoxy) is 2. The predicted molar refractivity (Wildman–Crippen MR) is 127 cm³/mol. The summed E-state index contributed by atoms with van der Waals surface area (Å²) in [6, 6.07) is 8.16. The Morgan fingerprint density at radius 3 is 1.92 bits per heavy atom. The molecule has 0 fully saturated rings. The first kappa shape index (κ1) is 30.9. The van der Waals surface area contributed by atoms with Crippen LogP contribution in [-0.4, -0.2) is 75.8 Å². The zero-order chi connectivity index (χ0) is 29.7. The predicted octanol–water partition coefficient (Wildman–Crippen LogP) is 2.26. The van der Waals surface area contributed by atoms with Gasteiger partial charge in [0.05, 0.1) is 18.1 Å². The standard InChI is InChI=1S/C20H18F3NO5.C4H6O6/c1-24(2)10-14-15(25)9-8-13-16(26)18(19(20(21,22)23)29-17(13)14)28-12-6-4-11(27-3)5-7-12;5-1(3(7)8)2(6)4(9)10/h4-9,25H,10H2,1-3H3;1-2,5-6H,(H,7,8)(H,9,10). The third kappa shape index (κ3) is 7.59. The Hall–Kier alpha value is -4.34. The lowest BCUT2D eigenvalue weighted by Gasteiger charge is -2.17. The van der Waals surface area contributed by atoms with E-state index in [1.54, 1.807) is 19.0 Å². The molecule has 0 amide bonds. The number of nitrogens with zero attached hydrogens (tertiary/aromatic N) is 1. The van der Waals surface area contributed by atoms with E-state index in [0.29, 0.717) is 5.75 Å². The van der Waals surface area contributed by atoms with Crippen molar-refractivity contribution in [3.05, 3.63) is 57.9 Å². The fourth-order valence-electron chi connectivity index (χ4n) is 3.07.